The summed E-state index contributed by atoms with van der Waals surface area (Å²) in [5.41, 5.74) is 8.84. The third-order valence-corrected chi connectivity index (χ3v) is 4.43. The van der Waals surface area contributed by atoms with Crippen LogP contribution in [-0.4, -0.2) is 11.9 Å². The summed E-state index contributed by atoms with van der Waals surface area (Å²) in [5.74, 6) is -0.354. The van der Waals surface area contributed by atoms with Crippen LogP contribution in [0.2, 0.25) is 0 Å². The lowest BCUT2D eigenvalue weighted by molar-refractivity contribution is -0.117. The van der Waals surface area contributed by atoms with Crippen LogP contribution in [0.1, 0.15) is 23.6 Å². The minimum absolute atomic E-state index is 0.0163. The molecule has 1 aliphatic rings. The van der Waals surface area contributed by atoms with Gasteiger partial charge in [-0.15, -0.1) is 0 Å². The molecule has 2 atom stereocenters. The van der Waals surface area contributed by atoms with E-state index in [1.54, 1.807) is 12.1 Å². The van der Waals surface area contributed by atoms with Crippen LogP contribution in [0.4, 0.5) is 10.1 Å². The SMILES string of the molecule is Cc1cc(Br)ccc1NC(=O)C1CC(c2ccc(F)cc2)NN1. The highest BCUT2D eigenvalue weighted by Gasteiger charge is 2.30. The Morgan fingerprint density at radius 1 is 1.22 bits per heavy atom. The highest BCUT2D eigenvalue weighted by Crippen LogP contribution is 2.24. The Kier molecular flexibility index (Phi) is 4.75. The molecule has 4 nitrogen and oxygen atoms in total. The van der Waals surface area contributed by atoms with Gasteiger partial charge in [0.1, 0.15) is 11.9 Å². The zero-order valence-corrected chi connectivity index (χ0v) is 14.2. The standard InChI is InChI=1S/C17H17BrFN3O/c1-10-8-12(18)4-7-14(10)20-17(23)16-9-15(21-22-16)11-2-5-13(19)6-3-11/h2-8,15-16,21-22H,9H2,1H3,(H,20,23). The van der Waals surface area contributed by atoms with Crippen molar-refractivity contribution in [1.29, 1.82) is 0 Å². The van der Waals surface area contributed by atoms with Gasteiger partial charge in [0.2, 0.25) is 5.91 Å². The van der Waals surface area contributed by atoms with E-state index in [1.165, 1.54) is 12.1 Å². The largest absolute Gasteiger partial charge is 0.324 e. The zero-order chi connectivity index (χ0) is 16.4. The minimum Gasteiger partial charge on any atom is -0.324 e. The quantitative estimate of drug-likeness (QED) is 0.767. The second kappa shape index (κ2) is 6.78. The molecule has 0 bridgehead atoms. The van der Waals surface area contributed by atoms with Gasteiger partial charge in [0.05, 0.1) is 0 Å². The van der Waals surface area contributed by atoms with Gasteiger partial charge in [-0.3, -0.25) is 4.79 Å². The number of carbonyl (C=O) groups is 1. The number of halogens is 2. The van der Waals surface area contributed by atoms with Gasteiger partial charge < -0.3 is 5.32 Å². The number of rotatable bonds is 3. The van der Waals surface area contributed by atoms with E-state index in [0.717, 1.165) is 21.3 Å². The second-order valence-electron chi connectivity index (χ2n) is 5.63. The van der Waals surface area contributed by atoms with Crippen molar-refractivity contribution < 1.29 is 9.18 Å². The van der Waals surface area contributed by atoms with Gasteiger partial charge in [-0.1, -0.05) is 28.1 Å². The molecule has 2 unspecified atom stereocenters. The summed E-state index contributed by atoms with van der Waals surface area (Å²) in [6.07, 6.45) is 0.604. The van der Waals surface area contributed by atoms with Crippen molar-refractivity contribution in [3.05, 3.63) is 63.9 Å². The Morgan fingerprint density at radius 3 is 2.65 bits per heavy atom. The first-order chi connectivity index (χ1) is 11.0. The van der Waals surface area contributed by atoms with Gasteiger partial charge >= 0.3 is 0 Å². The van der Waals surface area contributed by atoms with E-state index in [9.17, 15) is 9.18 Å². The van der Waals surface area contributed by atoms with E-state index in [4.69, 9.17) is 0 Å². The number of hydrogen-bond donors (Lipinski definition) is 3. The smallest absolute Gasteiger partial charge is 0.242 e. The Morgan fingerprint density at radius 2 is 1.96 bits per heavy atom. The van der Waals surface area contributed by atoms with Crippen molar-refractivity contribution in [2.45, 2.75) is 25.4 Å². The van der Waals surface area contributed by atoms with Crippen LogP contribution in [0.3, 0.4) is 0 Å². The first kappa shape index (κ1) is 16.1. The predicted octanol–water partition coefficient (Wildman–Crippen LogP) is 3.44. The molecule has 0 radical (unpaired) electrons. The highest BCUT2D eigenvalue weighted by molar-refractivity contribution is 9.10. The van der Waals surface area contributed by atoms with Crippen molar-refractivity contribution in [3.8, 4) is 0 Å². The number of amides is 1. The number of nitrogens with one attached hydrogen (secondary N) is 3. The molecule has 3 N–H and O–H groups in total. The van der Waals surface area contributed by atoms with Gasteiger partial charge in [0.25, 0.3) is 0 Å². The summed E-state index contributed by atoms with van der Waals surface area (Å²) in [7, 11) is 0. The van der Waals surface area contributed by atoms with Crippen LogP contribution in [0, 0.1) is 12.7 Å². The van der Waals surface area contributed by atoms with Crippen molar-refractivity contribution >= 4 is 27.5 Å². The minimum atomic E-state index is -0.340. The molecule has 6 heteroatoms. The summed E-state index contributed by atoms with van der Waals surface area (Å²) in [4.78, 5) is 12.4. The Balaban J connectivity index is 1.64. The first-order valence-corrected chi connectivity index (χ1v) is 8.16. The third kappa shape index (κ3) is 3.77. The van der Waals surface area contributed by atoms with E-state index in [-0.39, 0.29) is 23.8 Å². The Bertz CT molecular complexity index is 720. The van der Waals surface area contributed by atoms with Gasteiger partial charge in [0, 0.05) is 16.2 Å². The Hall–Kier alpha value is -1.76. The molecule has 23 heavy (non-hydrogen) atoms. The van der Waals surface area contributed by atoms with E-state index in [1.807, 2.05) is 25.1 Å². The zero-order valence-electron chi connectivity index (χ0n) is 12.6. The molecule has 1 fully saturated rings. The summed E-state index contributed by atoms with van der Waals surface area (Å²) in [6.45, 7) is 1.95. The number of hydrogen-bond acceptors (Lipinski definition) is 3. The molecule has 0 aromatic heterocycles. The molecule has 1 aliphatic heterocycles. The van der Waals surface area contributed by atoms with E-state index >= 15 is 0 Å². The van der Waals surface area contributed by atoms with Gasteiger partial charge in [-0.25, -0.2) is 15.2 Å². The second-order valence-corrected chi connectivity index (χ2v) is 6.55. The molecule has 1 saturated heterocycles. The molecule has 2 aromatic carbocycles. The van der Waals surface area contributed by atoms with Gasteiger partial charge in [0.15, 0.2) is 0 Å². The van der Waals surface area contributed by atoms with Crippen molar-refractivity contribution in [2.24, 2.45) is 0 Å². The van der Waals surface area contributed by atoms with Crippen LogP contribution in [0.15, 0.2) is 46.9 Å². The molecule has 0 aliphatic carbocycles. The molecule has 1 amide bonds. The first-order valence-electron chi connectivity index (χ1n) is 7.36. The van der Waals surface area contributed by atoms with E-state index in [0.29, 0.717) is 6.42 Å². The lowest BCUT2D eigenvalue weighted by atomic mass is 10.0. The van der Waals surface area contributed by atoms with Crippen molar-refractivity contribution in [1.82, 2.24) is 10.9 Å². The summed E-state index contributed by atoms with van der Waals surface area (Å²) in [6, 6.07) is 11.7. The topological polar surface area (TPSA) is 53.2 Å². The molecule has 1 heterocycles. The lowest BCUT2D eigenvalue weighted by Gasteiger charge is -2.13. The number of benzene rings is 2. The van der Waals surface area contributed by atoms with E-state index in [2.05, 4.69) is 32.1 Å². The maximum atomic E-state index is 13.0. The summed E-state index contributed by atoms with van der Waals surface area (Å²) >= 11 is 3.41. The summed E-state index contributed by atoms with van der Waals surface area (Å²) in [5, 5.41) is 2.94. The maximum Gasteiger partial charge on any atom is 0.242 e. The molecule has 0 saturated carbocycles. The number of carbonyl (C=O) groups excluding carboxylic acids is 1. The highest BCUT2D eigenvalue weighted by atomic mass is 79.9. The molecule has 3 rings (SSSR count). The van der Waals surface area contributed by atoms with Crippen molar-refractivity contribution in [3.63, 3.8) is 0 Å². The molecule has 2 aromatic rings. The van der Waals surface area contributed by atoms with Gasteiger partial charge in [-0.05, 0) is 54.8 Å². The van der Waals surface area contributed by atoms with Crippen LogP contribution >= 0.6 is 15.9 Å². The average Bonchev–Trinajstić information content (AvgIpc) is 3.01. The van der Waals surface area contributed by atoms with Crippen LogP contribution in [-0.2, 0) is 4.79 Å². The fourth-order valence-corrected chi connectivity index (χ4v) is 3.10. The predicted molar refractivity (Wildman–Crippen MR) is 91.3 cm³/mol. The van der Waals surface area contributed by atoms with E-state index < -0.39 is 0 Å². The number of anilines is 1. The molecular formula is C17H17BrFN3O. The van der Waals surface area contributed by atoms with Crippen LogP contribution in [0.5, 0.6) is 0 Å². The lowest BCUT2D eigenvalue weighted by Crippen LogP contribution is -2.39. The maximum absolute atomic E-state index is 13.0. The van der Waals surface area contributed by atoms with Gasteiger partial charge in [-0.2, -0.15) is 0 Å². The monoisotopic (exact) mass is 377 g/mol. The van der Waals surface area contributed by atoms with Crippen LogP contribution in [0.25, 0.3) is 0 Å². The Labute approximate surface area is 142 Å². The fraction of sp³-hybridized carbons (Fsp3) is 0.235. The fourth-order valence-electron chi connectivity index (χ4n) is 2.63. The molecule has 120 valence electrons. The number of aryl methyl sites for hydroxylation is 1. The normalized spacial score (nSPS) is 20.5. The van der Waals surface area contributed by atoms with Crippen molar-refractivity contribution in [2.75, 3.05) is 5.32 Å². The average molecular weight is 378 g/mol. The summed E-state index contributed by atoms with van der Waals surface area (Å²) < 4.78 is 14.0. The molecule has 0 spiro atoms. The number of hydrazine groups is 1. The third-order valence-electron chi connectivity index (χ3n) is 3.94. The molecular weight excluding hydrogens is 361 g/mol. The van der Waals surface area contributed by atoms with Crippen LogP contribution < -0.4 is 16.2 Å².